The number of benzene rings is 2. The van der Waals surface area contributed by atoms with Crippen LogP contribution in [0.1, 0.15) is 22.3 Å². The first-order chi connectivity index (χ1) is 12.6. The molecule has 0 radical (unpaired) electrons. The largest absolute Gasteiger partial charge is 0.483 e. The first-order valence-corrected chi connectivity index (χ1v) is 8.47. The summed E-state index contributed by atoms with van der Waals surface area (Å²) in [6.07, 6.45) is 3.20. The molecule has 0 spiro atoms. The summed E-state index contributed by atoms with van der Waals surface area (Å²) in [4.78, 5) is 15.9. The first kappa shape index (κ1) is 17.7. The van der Waals surface area contributed by atoms with Crippen LogP contribution in [0.25, 0.3) is 0 Å². The number of aromatic nitrogens is 3. The number of hydrogen-bond acceptors (Lipinski definition) is 4. The fourth-order valence-electron chi connectivity index (χ4n) is 2.52. The van der Waals surface area contributed by atoms with Gasteiger partial charge in [-0.05, 0) is 42.2 Å². The molecule has 1 aromatic heterocycles. The van der Waals surface area contributed by atoms with Crippen LogP contribution < -0.4 is 10.1 Å². The van der Waals surface area contributed by atoms with Gasteiger partial charge in [0.2, 0.25) is 0 Å². The van der Waals surface area contributed by atoms with Crippen molar-refractivity contribution < 1.29 is 9.53 Å². The number of hydrogen-bond donors (Lipinski definition) is 1. The first-order valence-electron chi connectivity index (χ1n) is 8.47. The van der Waals surface area contributed by atoms with Crippen molar-refractivity contribution in [2.45, 2.75) is 26.9 Å². The molecule has 0 atom stereocenters. The molecule has 1 N–H and O–H groups in total. The Hall–Kier alpha value is -3.15. The zero-order chi connectivity index (χ0) is 18.4. The van der Waals surface area contributed by atoms with Crippen molar-refractivity contribution in [3.05, 3.63) is 77.4 Å². The van der Waals surface area contributed by atoms with Crippen molar-refractivity contribution >= 4 is 5.91 Å². The van der Waals surface area contributed by atoms with Crippen LogP contribution in [0.3, 0.4) is 0 Å². The Labute approximate surface area is 152 Å². The highest BCUT2D eigenvalue weighted by Crippen LogP contribution is 2.18. The maximum absolute atomic E-state index is 12.0. The summed E-state index contributed by atoms with van der Waals surface area (Å²) >= 11 is 0. The number of amides is 1. The van der Waals surface area contributed by atoms with E-state index in [4.69, 9.17) is 4.74 Å². The summed E-state index contributed by atoms with van der Waals surface area (Å²) in [7, 11) is 0. The van der Waals surface area contributed by atoms with Gasteiger partial charge in [-0.2, -0.15) is 5.10 Å². The third-order valence-corrected chi connectivity index (χ3v) is 4.03. The molecule has 26 heavy (non-hydrogen) atoms. The molecule has 0 aliphatic rings. The highest BCUT2D eigenvalue weighted by molar-refractivity contribution is 5.77. The van der Waals surface area contributed by atoms with Gasteiger partial charge in [0.05, 0.1) is 6.54 Å². The van der Waals surface area contributed by atoms with Gasteiger partial charge in [0.1, 0.15) is 18.4 Å². The smallest absolute Gasteiger partial charge is 0.258 e. The normalized spacial score (nSPS) is 10.5. The minimum absolute atomic E-state index is 0.00861. The molecule has 134 valence electrons. The van der Waals surface area contributed by atoms with Crippen LogP contribution in [0.4, 0.5) is 0 Å². The Kier molecular flexibility index (Phi) is 5.63. The van der Waals surface area contributed by atoms with Crippen molar-refractivity contribution in [3.63, 3.8) is 0 Å². The number of ether oxygens (including phenoxy) is 1. The minimum atomic E-state index is -0.141. The maximum atomic E-state index is 12.0. The van der Waals surface area contributed by atoms with E-state index in [9.17, 15) is 4.79 Å². The van der Waals surface area contributed by atoms with Gasteiger partial charge < -0.3 is 10.1 Å². The van der Waals surface area contributed by atoms with E-state index >= 15 is 0 Å². The molecule has 1 amide bonds. The number of carbonyl (C=O) groups excluding carboxylic acids is 1. The lowest BCUT2D eigenvalue weighted by molar-refractivity contribution is -0.123. The van der Waals surface area contributed by atoms with Crippen LogP contribution in [0.5, 0.6) is 5.75 Å². The summed E-state index contributed by atoms with van der Waals surface area (Å²) in [5.74, 6) is 0.607. The molecule has 6 nitrogen and oxygen atoms in total. The predicted octanol–water partition coefficient (Wildman–Crippen LogP) is 2.64. The molecular formula is C20H22N4O2. The third-order valence-electron chi connectivity index (χ3n) is 4.03. The quantitative estimate of drug-likeness (QED) is 0.711. The topological polar surface area (TPSA) is 69.0 Å². The van der Waals surface area contributed by atoms with Gasteiger partial charge in [0, 0.05) is 6.54 Å². The molecule has 2 aromatic carbocycles. The second kappa shape index (κ2) is 8.29. The number of aryl methyl sites for hydroxylation is 2. The van der Waals surface area contributed by atoms with Gasteiger partial charge in [0.15, 0.2) is 6.61 Å². The Morgan fingerprint density at radius 2 is 1.88 bits per heavy atom. The van der Waals surface area contributed by atoms with E-state index in [0.717, 1.165) is 28.0 Å². The van der Waals surface area contributed by atoms with Crippen LogP contribution in [-0.2, 0) is 17.9 Å². The highest BCUT2D eigenvalue weighted by atomic mass is 16.5. The number of rotatable bonds is 7. The lowest BCUT2D eigenvalue weighted by Crippen LogP contribution is -2.28. The molecule has 3 aromatic rings. The average molecular weight is 350 g/mol. The van der Waals surface area contributed by atoms with E-state index in [-0.39, 0.29) is 12.5 Å². The van der Waals surface area contributed by atoms with Crippen LogP contribution in [0.2, 0.25) is 0 Å². The lowest BCUT2D eigenvalue weighted by atomic mass is 10.1. The molecule has 0 fully saturated rings. The maximum Gasteiger partial charge on any atom is 0.258 e. The fourth-order valence-corrected chi connectivity index (χ4v) is 2.52. The average Bonchev–Trinajstić information content (AvgIpc) is 3.15. The summed E-state index contributed by atoms with van der Waals surface area (Å²) in [6, 6.07) is 14.0. The molecule has 1 heterocycles. The molecule has 0 saturated carbocycles. The number of nitrogens with zero attached hydrogens (tertiary/aromatic N) is 3. The second-order valence-electron chi connectivity index (χ2n) is 6.24. The zero-order valence-electron chi connectivity index (χ0n) is 15.0. The van der Waals surface area contributed by atoms with Crippen molar-refractivity contribution in [2.75, 3.05) is 6.61 Å². The van der Waals surface area contributed by atoms with E-state index < -0.39 is 0 Å². The molecule has 0 aliphatic carbocycles. The lowest BCUT2D eigenvalue weighted by Gasteiger charge is -2.10. The molecule has 0 aliphatic heterocycles. The molecular weight excluding hydrogens is 328 g/mol. The fraction of sp³-hybridized carbons (Fsp3) is 0.250. The van der Waals surface area contributed by atoms with E-state index in [0.29, 0.717) is 13.1 Å². The summed E-state index contributed by atoms with van der Waals surface area (Å²) in [5, 5.41) is 6.96. The van der Waals surface area contributed by atoms with E-state index in [1.54, 1.807) is 11.0 Å². The van der Waals surface area contributed by atoms with E-state index in [2.05, 4.69) is 15.4 Å². The summed E-state index contributed by atoms with van der Waals surface area (Å²) in [6.45, 7) is 5.12. The van der Waals surface area contributed by atoms with Crippen LogP contribution in [0, 0.1) is 13.8 Å². The van der Waals surface area contributed by atoms with Crippen molar-refractivity contribution in [3.8, 4) is 5.75 Å². The Bertz CT molecular complexity index is 858. The van der Waals surface area contributed by atoms with Gasteiger partial charge in [0.25, 0.3) is 5.91 Å². The Balaban J connectivity index is 1.46. The van der Waals surface area contributed by atoms with Gasteiger partial charge >= 0.3 is 0 Å². The SMILES string of the molecule is Cc1ccc(C)c(OCC(=O)NCc2ccc(Cn3cncn3)cc2)c1. The Morgan fingerprint density at radius 1 is 1.12 bits per heavy atom. The van der Waals surface area contributed by atoms with Gasteiger partial charge in [-0.1, -0.05) is 36.4 Å². The van der Waals surface area contributed by atoms with Gasteiger partial charge in [-0.15, -0.1) is 0 Å². The standard InChI is InChI=1S/C20H22N4O2/c1-15-3-4-16(2)19(9-15)26-12-20(25)22-10-17-5-7-18(8-6-17)11-24-14-21-13-23-24/h3-9,13-14H,10-12H2,1-2H3,(H,22,25). The number of carbonyl (C=O) groups is 1. The predicted molar refractivity (Wildman–Crippen MR) is 98.8 cm³/mol. The molecule has 0 unspecified atom stereocenters. The molecule has 6 heteroatoms. The monoisotopic (exact) mass is 350 g/mol. The van der Waals surface area contributed by atoms with Crippen LogP contribution >= 0.6 is 0 Å². The van der Waals surface area contributed by atoms with Crippen molar-refractivity contribution in [2.24, 2.45) is 0 Å². The number of nitrogens with one attached hydrogen (secondary N) is 1. The van der Waals surface area contributed by atoms with Crippen LogP contribution in [0.15, 0.2) is 55.1 Å². The van der Waals surface area contributed by atoms with E-state index in [1.807, 2.05) is 56.3 Å². The van der Waals surface area contributed by atoms with Crippen molar-refractivity contribution in [1.29, 1.82) is 0 Å². The molecule has 0 saturated heterocycles. The summed E-state index contributed by atoms with van der Waals surface area (Å²) < 4.78 is 7.38. The van der Waals surface area contributed by atoms with Crippen molar-refractivity contribution in [1.82, 2.24) is 20.1 Å². The van der Waals surface area contributed by atoms with Crippen LogP contribution in [-0.4, -0.2) is 27.3 Å². The highest BCUT2D eigenvalue weighted by Gasteiger charge is 2.05. The zero-order valence-corrected chi connectivity index (χ0v) is 15.0. The molecule has 0 bridgehead atoms. The third kappa shape index (κ3) is 4.92. The summed E-state index contributed by atoms with van der Waals surface area (Å²) in [5.41, 5.74) is 4.29. The minimum Gasteiger partial charge on any atom is -0.483 e. The van der Waals surface area contributed by atoms with Gasteiger partial charge in [-0.3, -0.25) is 4.79 Å². The van der Waals surface area contributed by atoms with Gasteiger partial charge in [-0.25, -0.2) is 9.67 Å². The Morgan fingerprint density at radius 3 is 2.62 bits per heavy atom. The second-order valence-corrected chi connectivity index (χ2v) is 6.24. The molecule has 3 rings (SSSR count). The van der Waals surface area contributed by atoms with E-state index in [1.165, 1.54) is 6.33 Å².